The molecule has 3 aromatic rings. The Balaban J connectivity index is 1.74. The Kier molecular flexibility index (Phi) is 5.34. The SMILES string of the molecule is Cc1c(C(=O)NNC(=O)c2cc(Cl)ccc2O)cnn1-c1cccc(Cl)c1. The summed E-state index contributed by atoms with van der Waals surface area (Å²) in [6.45, 7) is 1.72. The number of benzene rings is 2. The second-order valence-corrected chi connectivity index (χ2v) is 6.48. The Morgan fingerprint density at radius 2 is 1.67 bits per heavy atom. The van der Waals surface area contributed by atoms with Gasteiger partial charge in [0.2, 0.25) is 0 Å². The zero-order valence-corrected chi connectivity index (χ0v) is 15.5. The smallest absolute Gasteiger partial charge is 0.273 e. The van der Waals surface area contributed by atoms with Crippen LogP contribution in [0.5, 0.6) is 5.75 Å². The highest BCUT2D eigenvalue weighted by Crippen LogP contribution is 2.21. The summed E-state index contributed by atoms with van der Waals surface area (Å²) in [5, 5.41) is 14.7. The summed E-state index contributed by atoms with van der Waals surface area (Å²) in [7, 11) is 0. The molecule has 3 rings (SSSR count). The van der Waals surface area contributed by atoms with E-state index in [2.05, 4.69) is 16.0 Å². The molecule has 2 aromatic carbocycles. The van der Waals surface area contributed by atoms with Crippen molar-refractivity contribution in [3.8, 4) is 11.4 Å². The van der Waals surface area contributed by atoms with Crippen molar-refractivity contribution >= 4 is 35.0 Å². The van der Waals surface area contributed by atoms with Gasteiger partial charge in [0.05, 0.1) is 28.7 Å². The standard InChI is InChI=1S/C18H14Cl2N4O3/c1-10-15(9-21-24(10)13-4-2-3-11(19)7-13)18(27)23-22-17(26)14-8-12(20)5-6-16(14)25/h2-9,25H,1H3,(H,22,26)(H,23,27). The topological polar surface area (TPSA) is 96.2 Å². The van der Waals surface area contributed by atoms with Gasteiger partial charge in [-0.05, 0) is 43.3 Å². The molecule has 138 valence electrons. The maximum Gasteiger partial charge on any atom is 0.273 e. The van der Waals surface area contributed by atoms with Crippen molar-refractivity contribution in [3.05, 3.63) is 75.5 Å². The Bertz CT molecular complexity index is 1030. The van der Waals surface area contributed by atoms with Gasteiger partial charge in [-0.1, -0.05) is 29.3 Å². The van der Waals surface area contributed by atoms with Gasteiger partial charge in [0.25, 0.3) is 11.8 Å². The normalized spacial score (nSPS) is 10.5. The van der Waals surface area contributed by atoms with Gasteiger partial charge in [-0.25, -0.2) is 4.68 Å². The second kappa shape index (κ2) is 7.69. The summed E-state index contributed by atoms with van der Waals surface area (Å²) in [5.74, 6) is -1.52. The van der Waals surface area contributed by atoms with Crippen molar-refractivity contribution in [1.29, 1.82) is 0 Å². The number of carbonyl (C=O) groups excluding carboxylic acids is 2. The number of hydrogen-bond donors (Lipinski definition) is 3. The minimum Gasteiger partial charge on any atom is -0.507 e. The van der Waals surface area contributed by atoms with E-state index in [1.54, 1.807) is 35.9 Å². The third kappa shape index (κ3) is 4.05. The molecule has 27 heavy (non-hydrogen) atoms. The average molecular weight is 405 g/mol. The predicted octanol–water partition coefficient (Wildman–Crippen LogP) is 3.27. The van der Waals surface area contributed by atoms with E-state index in [0.29, 0.717) is 16.4 Å². The zero-order valence-electron chi connectivity index (χ0n) is 14.0. The van der Waals surface area contributed by atoms with Crippen molar-refractivity contribution in [3.63, 3.8) is 0 Å². The van der Waals surface area contributed by atoms with Crippen LogP contribution in [-0.4, -0.2) is 26.7 Å². The van der Waals surface area contributed by atoms with Crippen molar-refractivity contribution in [2.75, 3.05) is 0 Å². The van der Waals surface area contributed by atoms with Gasteiger partial charge in [-0.2, -0.15) is 5.10 Å². The van der Waals surface area contributed by atoms with Gasteiger partial charge in [0.1, 0.15) is 5.75 Å². The number of phenolic OH excluding ortho intramolecular Hbond substituents is 1. The summed E-state index contributed by atoms with van der Waals surface area (Å²) in [4.78, 5) is 24.5. The van der Waals surface area contributed by atoms with Crippen LogP contribution in [0.2, 0.25) is 10.0 Å². The number of aromatic hydroxyl groups is 1. The molecule has 9 heteroatoms. The molecule has 0 radical (unpaired) electrons. The summed E-state index contributed by atoms with van der Waals surface area (Å²) in [5.41, 5.74) is 6.00. The quantitative estimate of drug-likeness (QED) is 0.583. The highest BCUT2D eigenvalue weighted by molar-refractivity contribution is 6.31. The molecular weight excluding hydrogens is 391 g/mol. The molecular formula is C18H14Cl2N4O3. The van der Waals surface area contributed by atoms with Crippen molar-refractivity contribution in [1.82, 2.24) is 20.6 Å². The molecule has 1 heterocycles. The monoisotopic (exact) mass is 404 g/mol. The van der Waals surface area contributed by atoms with Crippen molar-refractivity contribution in [2.24, 2.45) is 0 Å². The highest BCUT2D eigenvalue weighted by Gasteiger charge is 2.17. The summed E-state index contributed by atoms with van der Waals surface area (Å²) >= 11 is 11.8. The second-order valence-electron chi connectivity index (χ2n) is 5.61. The molecule has 1 aromatic heterocycles. The number of halogens is 2. The van der Waals surface area contributed by atoms with Gasteiger partial charge in [-0.15, -0.1) is 0 Å². The van der Waals surface area contributed by atoms with Crippen molar-refractivity contribution in [2.45, 2.75) is 6.92 Å². The van der Waals surface area contributed by atoms with Crippen LogP contribution in [0.25, 0.3) is 5.69 Å². The number of nitrogens with one attached hydrogen (secondary N) is 2. The number of nitrogens with zero attached hydrogens (tertiary/aromatic N) is 2. The van der Waals surface area contributed by atoms with E-state index < -0.39 is 11.8 Å². The molecule has 0 saturated carbocycles. The molecule has 7 nitrogen and oxygen atoms in total. The number of aromatic nitrogens is 2. The largest absolute Gasteiger partial charge is 0.507 e. The fourth-order valence-corrected chi connectivity index (χ4v) is 2.80. The predicted molar refractivity (Wildman–Crippen MR) is 101 cm³/mol. The summed E-state index contributed by atoms with van der Waals surface area (Å²) in [6, 6.07) is 11.1. The average Bonchev–Trinajstić information content (AvgIpc) is 3.03. The van der Waals surface area contributed by atoms with E-state index in [4.69, 9.17) is 23.2 Å². The Labute approximate surface area is 164 Å². The Hall–Kier alpha value is -3.03. The van der Waals surface area contributed by atoms with E-state index in [1.165, 1.54) is 24.4 Å². The van der Waals surface area contributed by atoms with Crippen LogP contribution in [0.3, 0.4) is 0 Å². The Morgan fingerprint density at radius 1 is 1.00 bits per heavy atom. The van der Waals surface area contributed by atoms with Gasteiger partial charge < -0.3 is 5.11 Å². The summed E-state index contributed by atoms with van der Waals surface area (Å²) < 4.78 is 1.56. The lowest BCUT2D eigenvalue weighted by atomic mass is 10.2. The molecule has 0 fully saturated rings. The maximum atomic E-state index is 12.4. The lowest BCUT2D eigenvalue weighted by Gasteiger charge is -2.09. The van der Waals surface area contributed by atoms with E-state index >= 15 is 0 Å². The molecule has 0 aliphatic heterocycles. The number of hydrogen-bond acceptors (Lipinski definition) is 4. The zero-order chi connectivity index (χ0) is 19.6. The van der Waals surface area contributed by atoms with Crippen LogP contribution in [-0.2, 0) is 0 Å². The number of carbonyl (C=O) groups is 2. The Morgan fingerprint density at radius 3 is 2.37 bits per heavy atom. The molecule has 0 unspecified atom stereocenters. The molecule has 0 spiro atoms. The minimum atomic E-state index is -0.705. The molecule has 0 aliphatic carbocycles. The van der Waals surface area contributed by atoms with Crippen LogP contribution in [0, 0.1) is 6.92 Å². The fraction of sp³-hybridized carbons (Fsp3) is 0.0556. The lowest BCUT2D eigenvalue weighted by molar-refractivity contribution is 0.0844. The lowest BCUT2D eigenvalue weighted by Crippen LogP contribution is -2.41. The van der Waals surface area contributed by atoms with E-state index in [1.807, 2.05) is 0 Å². The first kappa shape index (κ1) is 18.8. The van der Waals surface area contributed by atoms with Gasteiger partial charge >= 0.3 is 0 Å². The highest BCUT2D eigenvalue weighted by atomic mass is 35.5. The molecule has 0 saturated heterocycles. The number of amides is 2. The van der Waals surface area contributed by atoms with Gasteiger partial charge in [0, 0.05) is 10.0 Å². The van der Waals surface area contributed by atoms with Gasteiger partial charge in [-0.3, -0.25) is 20.4 Å². The van der Waals surface area contributed by atoms with Gasteiger partial charge in [0.15, 0.2) is 0 Å². The van der Waals surface area contributed by atoms with E-state index in [-0.39, 0.29) is 21.9 Å². The van der Waals surface area contributed by atoms with E-state index in [0.717, 1.165) is 0 Å². The van der Waals surface area contributed by atoms with Crippen LogP contribution in [0.1, 0.15) is 26.4 Å². The van der Waals surface area contributed by atoms with Crippen molar-refractivity contribution < 1.29 is 14.7 Å². The molecule has 0 bridgehead atoms. The number of hydrazine groups is 1. The molecule has 0 atom stereocenters. The van der Waals surface area contributed by atoms with Crippen LogP contribution < -0.4 is 10.9 Å². The van der Waals surface area contributed by atoms with Crippen LogP contribution in [0.15, 0.2) is 48.7 Å². The van der Waals surface area contributed by atoms with Crippen LogP contribution in [0.4, 0.5) is 0 Å². The first-order valence-corrected chi connectivity index (χ1v) is 8.52. The fourth-order valence-electron chi connectivity index (χ4n) is 2.44. The number of phenols is 1. The number of rotatable bonds is 3. The minimum absolute atomic E-state index is 0.0610. The maximum absolute atomic E-state index is 12.4. The van der Waals surface area contributed by atoms with Crippen LogP contribution >= 0.6 is 23.2 Å². The third-order valence-electron chi connectivity index (χ3n) is 3.80. The summed E-state index contributed by atoms with van der Waals surface area (Å²) in [6.07, 6.45) is 1.38. The molecule has 0 aliphatic rings. The molecule has 3 N–H and O–H groups in total. The third-order valence-corrected chi connectivity index (χ3v) is 4.27. The first-order valence-electron chi connectivity index (χ1n) is 7.76. The van der Waals surface area contributed by atoms with E-state index in [9.17, 15) is 14.7 Å². The first-order chi connectivity index (χ1) is 12.9. The molecule has 2 amide bonds.